The minimum Gasteiger partial charge on any atom is -0.480 e. The number of ether oxygens (including phenoxy) is 1. The average molecular weight is 343 g/mol. The van der Waals surface area contributed by atoms with Crippen molar-refractivity contribution in [3.05, 3.63) is 78.8 Å². The molecule has 0 unspecified atom stereocenters. The minimum absolute atomic E-state index is 0.499. The Labute approximate surface area is 151 Å². The molecule has 0 atom stereocenters. The van der Waals surface area contributed by atoms with Crippen LogP contribution in [0.1, 0.15) is 5.56 Å². The Morgan fingerprint density at radius 3 is 2.54 bits per heavy atom. The van der Waals surface area contributed by atoms with Crippen LogP contribution in [0.25, 0.3) is 22.5 Å². The van der Waals surface area contributed by atoms with Crippen LogP contribution in [0.15, 0.2) is 73.2 Å². The predicted molar refractivity (Wildman–Crippen MR) is 98.6 cm³/mol. The summed E-state index contributed by atoms with van der Waals surface area (Å²) in [5.41, 5.74) is 4.84. The zero-order valence-electron chi connectivity index (χ0n) is 14.3. The van der Waals surface area contributed by atoms with Crippen molar-refractivity contribution in [3.63, 3.8) is 0 Å². The van der Waals surface area contributed by atoms with Crippen LogP contribution in [0, 0.1) is 0 Å². The molecule has 0 spiro atoms. The van der Waals surface area contributed by atoms with Gasteiger partial charge in [-0.3, -0.25) is 9.67 Å². The molecule has 0 amide bonds. The van der Waals surface area contributed by atoms with Gasteiger partial charge < -0.3 is 4.74 Å². The third-order valence-corrected chi connectivity index (χ3v) is 4.01. The van der Waals surface area contributed by atoms with Gasteiger partial charge in [-0.2, -0.15) is 5.10 Å². The van der Waals surface area contributed by atoms with Gasteiger partial charge in [0.05, 0.1) is 25.0 Å². The number of methoxy groups -OCH3 is 1. The normalized spacial score (nSPS) is 10.7. The van der Waals surface area contributed by atoms with Crippen LogP contribution in [-0.4, -0.2) is 32.1 Å². The number of hydrogen-bond donors (Lipinski definition) is 0. The van der Waals surface area contributed by atoms with Gasteiger partial charge in [0, 0.05) is 35.8 Å². The summed E-state index contributed by atoms with van der Waals surface area (Å²) in [5.74, 6) is 0.499. The standard InChI is InChI=1S/C20H17N5O/c1-26-20-8-7-18(22-23-20)16-5-2-6-17(12-16)19-9-11-25(24-19)14-15-4-3-10-21-13-15/h2-13H,14H2,1H3. The molecule has 0 aliphatic heterocycles. The first-order chi connectivity index (χ1) is 12.8. The SMILES string of the molecule is COc1ccc(-c2cccc(-c3ccn(Cc4cccnc4)n3)c2)nn1. The molecule has 4 rings (SSSR count). The number of rotatable bonds is 5. The van der Waals surface area contributed by atoms with E-state index in [0.717, 1.165) is 28.1 Å². The molecule has 3 heterocycles. The number of nitrogens with zero attached hydrogens (tertiary/aromatic N) is 5. The van der Waals surface area contributed by atoms with Gasteiger partial charge in [0.25, 0.3) is 0 Å². The Morgan fingerprint density at radius 1 is 0.923 bits per heavy atom. The third kappa shape index (κ3) is 3.44. The van der Waals surface area contributed by atoms with E-state index in [2.05, 4.69) is 26.3 Å². The molecule has 4 aromatic rings. The highest BCUT2D eigenvalue weighted by Gasteiger charge is 2.07. The molecule has 0 bridgehead atoms. The lowest BCUT2D eigenvalue weighted by atomic mass is 10.1. The summed E-state index contributed by atoms with van der Waals surface area (Å²) in [4.78, 5) is 4.14. The molecule has 0 aliphatic carbocycles. The predicted octanol–water partition coefficient (Wildman–Crippen LogP) is 3.46. The zero-order chi connectivity index (χ0) is 17.8. The lowest BCUT2D eigenvalue weighted by Crippen LogP contribution is -2.00. The van der Waals surface area contributed by atoms with Gasteiger partial charge in [-0.15, -0.1) is 10.2 Å². The van der Waals surface area contributed by atoms with Crippen molar-refractivity contribution in [2.24, 2.45) is 0 Å². The van der Waals surface area contributed by atoms with Crippen molar-refractivity contribution >= 4 is 0 Å². The molecule has 0 N–H and O–H groups in total. The van der Waals surface area contributed by atoms with Crippen LogP contribution in [0.3, 0.4) is 0 Å². The molecule has 0 saturated carbocycles. The Kier molecular flexibility index (Phi) is 4.38. The molecule has 1 aromatic carbocycles. The molecule has 0 aliphatic rings. The molecule has 26 heavy (non-hydrogen) atoms. The smallest absolute Gasteiger partial charge is 0.233 e. The van der Waals surface area contributed by atoms with E-state index in [1.54, 1.807) is 19.4 Å². The van der Waals surface area contributed by atoms with Crippen LogP contribution in [0.2, 0.25) is 0 Å². The lowest BCUT2D eigenvalue weighted by molar-refractivity contribution is 0.392. The highest BCUT2D eigenvalue weighted by atomic mass is 16.5. The van der Waals surface area contributed by atoms with Crippen LogP contribution in [0.5, 0.6) is 5.88 Å². The molecule has 3 aromatic heterocycles. The van der Waals surface area contributed by atoms with E-state index in [9.17, 15) is 0 Å². The van der Waals surface area contributed by atoms with Crippen molar-refractivity contribution in [2.45, 2.75) is 6.54 Å². The number of benzene rings is 1. The second kappa shape index (κ2) is 7.14. The molecule has 128 valence electrons. The largest absolute Gasteiger partial charge is 0.480 e. The van der Waals surface area contributed by atoms with Gasteiger partial charge in [-0.05, 0) is 29.8 Å². The highest BCUT2D eigenvalue weighted by Crippen LogP contribution is 2.24. The summed E-state index contributed by atoms with van der Waals surface area (Å²) in [7, 11) is 1.58. The van der Waals surface area contributed by atoms with Gasteiger partial charge in [0.15, 0.2) is 0 Å². The Balaban J connectivity index is 1.58. The van der Waals surface area contributed by atoms with E-state index < -0.39 is 0 Å². The van der Waals surface area contributed by atoms with Crippen molar-refractivity contribution in [1.82, 2.24) is 25.0 Å². The van der Waals surface area contributed by atoms with Crippen molar-refractivity contribution in [3.8, 4) is 28.4 Å². The summed E-state index contributed by atoms with van der Waals surface area (Å²) in [5, 5.41) is 12.9. The third-order valence-electron chi connectivity index (χ3n) is 4.01. The summed E-state index contributed by atoms with van der Waals surface area (Å²) in [6.45, 7) is 0.692. The minimum atomic E-state index is 0.499. The Bertz CT molecular complexity index is 996. The number of aromatic nitrogens is 5. The van der Waals surface area contributed by atoms with Crippen LogP contribution in [0.4, 0.5) is 0 Å². The quantitative estimate of drug-likeness (QED) is 0.555. The number of hydrogen-bond acceptors (Lipinski definition) is 5. The molecular weight excluding hydrogens is 326 g/mol. The zero-order valence-corrected chi connectivity index (χ0v) is 14.3. The Morgan fingerprint density at radius 2 is 1.81 bits per heavy atom. The van der Waals surface area contributed by atoms with Crippen molar-refractivity contribution < 1.29 is 4.74 Å². The molecule has 0 radical (unpaired) electrons. The van der Waals surface area contributed by atoms with Gasteiger partial charge in [0.2, 0.25) is 5.88 Å². The first-order valence-electron chi connectivity index (χ1n) is 8.23. The van der Waals surface area contributed by atoms with Gasteiger partial charge in [-0.1, -0.05) is 24.3 Å². The maximum absolute atomic E-state index is 5.06. The van der Waals surface area contributed by atoms with E-state index in [0.29, 0.717) is 12.4 Å². The van der Waals surface area contributed by atoms with Gasteiger partial charge in [0.1, 0.15) is 0 Å². The molecule has 6 nitrogen and oxygen atoms in total. The van der Waals surface area contributed by atoms with E-state index in [-0.39, 0.29) is 0 Å². The average Bonchev–Trinajstić information content (AvgIpc) is 3.17. The molecule has 0 fully saturated rings. The fourth-order valence-electron chi connectivity index (χ4n) is 2.70. The van der Waals surface area contributed by atoms with Crippen molar-refractivity contribution in [2.75, 3.05) is 7.11 Å². The molecule has 0 saturated heterocycles. The summed E-state index contributed by atoms with van der Waals surface area (Å²) >= 11 is 0. The van der Waals surface area contributed by atoms with Crippen LogP contribution < -0.4 is 4.74 Å². The van der Waals surface area contributed by atoms with E-state index in [4.69, 9.17) is 4.74 Å². The fraction of sp³-hybridized carbons (Fsp3) is 0.100. The van der Waals surface area contributed by atoms with Gasteiger partial charge in [-0.25, -0.2) is 0 Å². The van der Waals surface area contributed by atoms with E-state index in [1.165, 1.54) is 0 Å². The molecule has 6 heteroatoms. The van der Waals surface area contributed by atoms with E-state index >= 15 is 0 Å². The second-order valence-electron chi connectivity index (χ2n) is 5.80. The van der Waals surface area contributed by atoms with Crippen molar-refractivity contribution in [1.29, 1.82) is 0 Å². The maximum Gasteiger partial charge on any atom is 0.233 e. The summed E-state index contributed by atoms with van der Waals surface area (Å²) < 4.78 is 6.97. The Hall–Kier alpha value is -3.54. The second-order valence-corrected chi connectivity index (χ2v) is 5.80. The van der Waals surface area contributed by atoms with E-state index in [1.807, 2.05) is 59.5 Å². The van der Waals surface area contributed by atoms with Gasteiger partial charge >= 0.3 is 0 Å². The lowest BCUT2D eigenvalue weighted by Gasteiger charge is -2.04. The molecular formula is C20H17N5O. The highest BCUT2D eigenvalue weighted by molar-refractivity contribution is 5.69. The van der Waals surface area contributed by atoms with Crippen LogP contribution in [-0.2, 0) is 6.54 Å². The first kappa shape index (κ1) is 16.0. The van der Waals surface area contributed by atoms with Crippen LogP contribution >= 0.6 is 0 Å². The number of pyridine rings is 1. The topological polar surface area (TPSA) is 65.7 Å². The first-order valence-corrected chi connectivity index (χ1v) is 8.23. The monoisotopic (exact) mass is 343 g/mol. The summed E-state index contributed by atoms with van der Waals surface area (Å²) in [6.07, 6.45) is 5.60. The fourth-order valence-corrected chi connectivity index (χ4v) is 2.70. The summed E-state index contributed by atoms with van der Waals surface area (Å²) in [6, 6.07) is 17.8. The maximum atomic E-state index is 5.06.